The van der Waals surface area contributed by atoms with E-state index in [4.69, 9.17) is 10.5 Å². The van der Waals surface area contributed by atoms with Gasteiger partial charge in [0.1, 0.15) is 0 Å². The third-order valence-corrected chi connectivity index (χ3v) is 3.85. The summed E-state index contributed by atoms with van der Waals surface area (Å²) in [5.74, 6) is 0.567. The number of hydrogen-bond acceptors (Lipinski definition) is 3. The van der Waals surface area contributed by atoms with Gasteiger partial charge in [0.05, 0.1) is 31.5 Å². The van der Waals surface area contributed by atoms with Gasteiger partial charge < -0.3 is 15.4 Å². The number of nitrogens with zero attached hydrogens (tertiary/aromatic N) is 4. The number of rotatable bonds is 4. The zero-order chi connectivity index (χ0) is 16.1. The topological polar surface area (TPSA) is 68.7 Å². The van der Waals surface area contributed by atoms with Crippen LogP contribution in [-0.4, -0.2) is 46.4 Å². The van der Waals surface area contributed by atoms with E-state index in [1.165, 1.54) is 5.56 Å². The van der Waals surface area contributed by atoms with Crippen LogP contribution in [0.15, 0.2) is 47.6 Å². The molecule has 1 aromatic heterocycles. The molecule has 2 aromatic rings. The fourth-order valence-electron chi connectivity index (χ4n) is 2.64. The number of benzene rings is 1. The van der Waals surface area contributed by atoms with Crippen molar-refractivity contribution in [2.75, 3.05) is 19.7 Å². The molecule has 1 aliphatic rings. The normalized spacial score (nSPS) is 19.1. The van der Waals surface area contributed by atoms with E-state index in [-0.39, 0.29) is 6.10 Å². The van der Waals surface area contributed by atoms with Crippen molar-refractivity contribution >= 4 is 5.96 Å². The van der Waals surface area contributed by atoms with Crippen molar-refractivity contribution in [2.45, 2.75) is 26.1 Å². The van der Waals surface area contributed by atoms with Gasteiger partial charge in [0.15, 0.2) is 5.96 Å². The number of ether oxygens (including phenoxy) is 1. The second-order valence-corrected chi connectivity index (χ2v) is 5.79. The molecule has 2 N–H and O–H groups in total. The van der Waals surface area contributed by atoms with Crippen LogP contribution < -0.4 is 5.73 Å². The number of guanidine groups is 1. The molecular formula is C17H23N5O. The van der Waals surface area contributed by atoms with Gasteiger partial charge in [0.2, 0.25) is 0 Å². The van der Waals surface area contributed by atoms with Gasteiger partial charge in [0.25, 0.3) is 0 Å². The summed E-state index contributed by atoms with van der Waals surface area (Å²) in [6, 6.07) is 12.3. The van der Waals surface area contributed by atoms with Crippen LogP contribution in [0.2, 0.25) is 0 Å². The number of hydrogen-bond donors (Lipinski definition) is 1. The highest BCUT2D eigenvalue weighted by Gasteiger charge is 2.17. The predicted molar refractivity (Wildman–Crippen MR) is 90.1 cm³/mol. The summed E-state index contributed by atoms with van der Waals surface area (Å²) >= 11 is 0. The summed E-state index contributed by atoms with van der Waals surface area (Å²) in [5, 5.41) is 4.55. The first-order chi connectivity index (χ1) is 11.2. The minimum atomic E-state index is 0.197. The molecule has 23 heavy (non-hydrogen) atoms. The maximum absolute atomic E-state index is 6.07. The minimum Gasteiger partial charge on any atom is -0.375 e. The van der Waals surface area contributed by atoms with Gasteiger partial charge in [-0.2, -0.15) is 5.10 Å². The fraction of sp³-hybridized carbons (Fsp3) is 0.412. The maximum atomic E-state index is 6.07. The van der Waals surface area contributed by atoms with Crippen molar-refractivity contribution in [3.63, 3.8) is 0 Å². The van der Waals surface area contributed by atoms with Crippen LogP contribution in [0.3, 0.4) is 0 Å². The van der Waals surface area contributed by atoms with Gasteiger partial charge in [-0.1, -0.05) is 30.3 Å². The van der Waals surface area contributed by atoms with Crippen LogP contribution in [0.5, 0.6) is 0 Å². The van der Waals surface area contributed by atoms with Crippen molar-refractivity contribution in [3.8, 4) is 0 Å². The number of morpholine rings is 1. The second-order valence-electron chi connectivity index (χ2n) is 5.79. The fourth-order valence-corrected chi connectivity index (χ4v) is 2.64. The van der Waals surface area contributed by atoms with Gasteiger partial charge in [-0.05, 0) is 18.6 Å². The lowest BCUT2D eigenvalue weighted by molar-refractivity contribution is 0.00528. The van der Waals surface area contributed by atoms with E-state index < -0.39 is 0 Å². The third kappa shape index (κ3) is 4.32. The quantitative estimate of drug-likeness (QED) is 0.685. The molecule has 0 saturated carbocycles. The Bertz CT molecular complexity index is 652. The Labute approximate surface area is 136 Å². The molecule has 0 aliphatic carbocycles. The molecule has 1 aliphatic heterocycles. The van der Waals surface area contributed by atoms with E-state index in [0.29, 0.717) is 19.1 Å². The number of aliphatic imine (C=N–C) groups is 1. The Balaban J connectivity index is 1.57. The Morgan fingerprint density at radius 2 is 2.17 bits per heavy atom. The average molecular weight is 313 g/mol. The lowest BCUT2D eigenvalue weighted by Crippen LogP contribution is -2.47. The van der Waals surface area contributed by atoms with E-state index in [0.717, 1.165) is 25.3 Å². The summed E-state index contributed by atoms with van der Waals surface area (Å²) in [6.07, 6.45) is 2.17. The summed E-state index contributed by atoms with van der Waals surface area (Å²) in [5.41, 5.74) is 8.23. The second kappa shape index (κ2) is 7.28. The average Bonchev–Trinajstić information content (AvgIpc) is 3.01. The molecule has 1 atom stereocenters. The first kappa shape index (κ1) is 15.6. The van der Waals surface area contributed by atoms with Crippen molar-refractivity contribution in [1.29, 1.82) is 0 Å². The number of nitrogens with two attached hydrogens (primary N) is 1. The Hall–Kier alpha value is -2.34. The minimum absolute atomic E-state index is 0.197. The smallest absolute Gasteiger partial charge is 0.191 e. The standard InChI is InChI=1S/C17H23N5O/c1-14-12-21(9-10-23-14)17(18)19-11-16-7-8-22(20-16)13-15-5-3-2-4-6-15/h2-8,14H,9-13H2,1H3,(H2,18,19). The van der Waals surface area contributed by atoms with Crippen molar-refractivity contribution in [3.05, 3.63) is 53.9 Å². The van der Waals surface area contributed by atoms with Gasteiger partial charge in [-0.25, -0.2) is 4.99 Å². The Morgan fingerprint density at radius 3 is 2.96 bits per heavy atom. The largest absolute Gasteiger partial charge is 0.375 e. The highest BCUT2D eigenvalue weighted by molar-refractivity contribution is 5.78. The Morgan fingerprint density at radius 1 is 1.35 bits per heavy atom. The summed E-state index contributed by atoms with van der Waals surface area (Å²) < 4.78 is 7.44. The summed E-state index contributed by atoms with van der Waals surface area (Å²) in [7, 11) is 0. The molecule has 3 rings (SSSR count). The summed E-state index contributed by atoms with van der Waals surface area (Å²) in [4.78, 5) is 6.53. The highest BCUT2D eigenvalue weighted by atomic mass is 16.5. The van der Waals surface area contributed by atoms with Crippen molar-refractivity contribution in [1.82, 2.24) is 14.7 Å². The van der Waals surface area contributed by atoms with E-state index >= 15 is 0 Å². The van der Waals surface area contributed by atoms with Gasteiger partial charge in [0, 0.05) is 19.3 Å². The molecule has 0 radical (unpaired) electrons. The maximum Gasteiger partial charge on any atom is 0.191 e. The van der Waals surface area contributed by atoms with Crippen LogP contribution in [0.1, 0.15) is 18.2 Å². The van der Waals surface area contributed by atoms with Crippen LogP contribution >= 0.6 is 0 Å². The molecule has 0 bridgehead atoms. The molecule has 1 saturated heterocycles. The molecule has 1 unspecified atom stereocenters. The molecule has 2 heterocycles. The van der Waals surface area contributed by atoms with Crippen LogP contribution in [0.25, 0.3) is 0 Å². The lowest BCUT2D eigenvalue weighted by Gasteiger charge is -2.31. The zero-order valence-electron chi connectivity index (χ0n) is 13.4. The molecule has 0 amide bonds. The molecule has 6 heteroatoms. The Kier molecular flexibility index (Phi) is 4.92. The molecule has 6 nitrogen and oxygen atoms in total. The predicted octanol–water partition coefficient (Wildman–Crippen LogP) is 1.47. The SMILES string of the molecule is CC1CN(C(N)=NCc2ccn(Cc3ccccc3)n2)CCO1. The first-order valence-electron chi connectivity index (χ1n) is 7.93. The van der Waals surface area contributed by atoms with Crippen LogP contribution in [0.4, 0.5) is 0 Å². The van der Waals surface area contributed by atoms with E-state index in [1.54, 1.807) is 0 Å². The van der Waals surface area contributed by atoms with Crippen LogP contribution in [-0.2, 0) is 17.8 Å². The van der Waals surface area contributed by atoms with E-state index in [9.17, 15) is 0 Å². The molecule has 122 valence electrons. The van der Waals surface area contributed by atoms with Gasteiger partial charge >= 0.3 is 0 Å². The van der Waals surface area contributed by atoms with Crippen LogP contribution in [0, 0.1) is 0 Å². The van der Waals surface area contributed by atoms with Crippen molar-refractivity contribution in [2.24, 2.45) is 10.7 Å². The van der Waals surface area contributed by atoms with E-state index in [1.807, 2.05) is 42.1 Å². The molecule has 1 aromatic carbocycles. The lowest BCUT2D eigenvalue weighted by atomic mass is 10.2. The highest BCUT2D eigenvalue weighted by Crippen LogP contribution is 2.06. The monoisotopic (exact) mass is 313 g/mol. The molecule has 0 spiro atoms. The summed E-state index contributed by atoms with van der Waals surface area (Å²) in [6.45, 7) is 5.59. The van der Waals surface area contributed by atoms with Gasteiger partial charge in [-0.3, -0.25) is 4.68 Å². The van der Waals surface area contributed by atoms with Gasteiger partial charge in [-0.15, -0.1) is 0 Å². The molecule has 1 fully saturated rings. The number of aromatic nitrogens is 2. The third-order valence-electron chi connectivity index (χ3n) is 3.85. The van der Waals surface area contributed by atoms with E-state index in [2.05, 4.69) is 27.1 Å². The zero-order valence-corrected chi connectivity index (χ0v) is 13.4. The molecular weight excluding hydrogens is 290 g/mol. The van der Waals surface area contributed by atoms with Crippen molar-refractivity contribution < 1.29 is 4.74 Å². The first-order valence-corrected chi connectivity index (χ1v) is 7.93.